The van der Waals surface area contributed by atoms with Gasteiger partial charge in [0.1, 0.15) is 5.01 Å². The lowest BCUT2D eigenvalue weighted by molar-refractivity contribution is -0.133. The molecule has 0 unspecified atom stereocenters. The van der Waals surface area contributed by atoms with Crippen molar-refractivity contribution in [1.29, 1.82) is 0 Å². The first-order chi connectivity index (χ1) is 13.6. The van der Waals surface area contributed by atoms with Gasteiger partial charge in [-0.1, -0.05) is 12.1 Å². The molecule has 1 saturated carbocycles. The third kappa shape index (κ3) is 3.27. The third-order valence-electron chi connectivity index (χ3n) is 6.17. The van der Waals surface area contributed by atoms with E-state index in [-0.39, 0.29) is 11.9 Å². The summed E-state index contributed by atoms with van der Waals surface area (Å²) in [5.41, 5.74) is 2.50. The molecule has 2 aromatic heterocycles. The van der Waals surface area contributed by atoms with Crippen LogP contribution < -0.4 is 0 Å². The molecule has 5 rings (SSSR count). The fourth-order valence-electron chi connectivity index (χ4n) is 4.28. The van der Waals surface area contributed by atoms with Gasteiger partial charge in [0.05, 0.1) is 22.8 Å². The second-order valence-corrected chi connectivity index (χ2v) is 10.1. The Morgan fingerprint density at radius 3 is 2.93 bits per heavy atom. The average Bonchev–Trinajstić information content (AvgIpc) is 3.26. The van der Waals surface area contributed by atoms with Crippen LogP contribution in [0.15, 0.2) is 35.7 Å². The number of aromatic nitrogens is 1. The fraction of sp³-hybridized carbons (Fsp3) is 0.455. The summed E-state index contributed by atoms with van der Waals surface area (Å²) >= 11 is 3.56. The zero-order chi connectivity index (χ0) is 19.3. The monoisotopic (exact) mass is 411 g/mol. The van der Waals surface area contributed by atoms with Gasteiger partial charge in [-0.25, -0.2) is 4.98 Å². The number of thiazole rings is 1. The Morgan fingerprint density at radius 1 is 1.32 bits per heavy atom. The minimum Gasteiger partial charge on any atom is -0.335 e. The van der Waals surface area contributed by atoms with Crippen LogP contribution in [0.1, 0.15) is 47.3 Å². The van der Waals surface area contributed by atoms with E-state index in [4.69, 9.17) is 4.98 Å². The maximum Gasteiger partial charge on any atom is 0.237 e. The number of carbonyl (C=O) groups is 1. The third-order valence-corrected chi connectivity index (χ3v) is 8.37. The van der Waals surface area contributed by atoms with Gasteiger partial charge in [-0.2, -0.15) is 0 Å². The number of thiophene rings is 1. The van der Waals surface area contributed by atoms with Crippen LogP contribution >= 0.6 is 22.7 Å². The highest BCUT2D eigenvalue weighted by atomic mass is 32.1. The largest absolute Gasteiger partial charge is 0.335 e. The number of benzene rings is 1. The molecular weight excluding hydrogens is 386 g/mol. The second-order valence-electron chi connectivity index (χ2n) is 8.00. The summed E-state index contributed by atoms with van der Waals surface area (Å²) < 4.78 is 1.18. The van der Waals surface area contributed by atoms with E-state index in [9.17, 15) is 4.79 Å². The lowest BCUT2D eigenvalue weighted by Crippen LogP contribution is -2.44. The standard InChI is InChI=1S/C22H25N3OS2/c1-14(22-23-17-5-3-4-6-19(17)28-22)24(2)20(26)13-25-11-9-18-16(10-12-27-18)21(25)15-7-8-15/h3-6,10,12,14-15,21H,7-9,11,13H2,1-2H3/t14-,21-/m0/s1. The van der Waals surface area contributed by atoms with E-state index in [2.05, 4.69) is 29.3 Å². The molecular formula is C22H25N3OS2. The van der Waals surface area contributed by atoms with Gasteiger partial charge >= 0.3 is 0 Å². The average molecular weight is 412 g/mol. The molecule has 1 aliphatic heterocycles. The van der Waals surface area contributed by atoms with Crippen molar-refractivity contribution >= 4 is 38.8 Å². The Hall–Kier alpha value is -1.76. The molecule has 4 nitrogen and oxygen atoms in total. The SMILES string of the molecule is C[C@@H](c1nc2ccccc2s1)N(C)C(=O)CN1CCc2sccc2[C@@H]1C1CC1. The van der Waals surface area contributed by atoms with Crippen LogP contribution in [0, 0.1) is 5.92 Å². The molecule has 2 atom stereocenters. The van der Waals surface area contributed by atoms with Gasteiger partial charge in [0.25, 0.3) is 0 Å². The lowest BCUT2D eigenvalue weighted by atomic mass is 9.96. The highest BCUT2D eigenvalue weighted by Gasteiger charge is 2.40. The van der Waals surface area contributed by atoms with Crippen molar-refractivity contribution < 1.29 is 4.79 Å². The smallest absolute Gasteiger partial charge is 0.237 e. The Bertz CT molecular complexity index is 973. The van der Waals surface area contributed by atoms with Crippen molar-refractivity contribution in [3.8, 4) is 0 Å². The summed E-state index contributed by atoms with van der Waals surface area (Å²) in [5, 5.41) is 3.22. The minimum atomic E-state index is -0.00854. The predicted molar refractivity (Wildman–Crippen MR) is 116 cm³/mol. The molecule has 0 saturated heterocycles. The molecule has 1 aromatic carbocycles. The van der Waals surface area contributed by atoms with Crippen LogP contribution in [0.5, 0.6) is 0 Å². The molecule has 2 aliphatic rings. The van der Waals surface area contributed by atoms with E-state index >= 15 is 0 Å². The maximum atomic E-state index is 13.1. The van der Waals surface area contributed by atoms with Crippen LogP contribution in [-0.4, -0.2) is 40.8 Å². The zero-order valence-corrected chi connectivity index (χ0v) is 17.9. The molecule has 0 spiro atoms. The van der Waals surface area contributed by atoms with E-state index in [0.717, 1.165) is 29.4 Å². The molecule has 1 fully saturated rings. The molecule has 146 valence electrons. The molecule has 3 aromatic rings. The van der Waals surface area contributed by atoms with Crippen molar-refractivity contribution in [2.75, 3.05) is 20.1 Å². The van der Waals surface area contributed by atoms with Crippen molar-refractivity contribution in [2.24, 2.45) is 5.92 Å². The number of hydrogen-bond donors (Lipinski definition) is 0. The molecule has 0 radical (unpaired) electrons. The van der Waals surface area contributed by atoms with Crippen LogP contribution in [0.3, 0.4) is 0 Å². The number of para-hydroxylation sites is 1. The number of likely N-dealkylation sites (N-methyl/N-ethyl adjacent to an activating group) is 1. The fourth-order valence-corrected chi connectivity index (χ4v) is 6.25. The van der Waals surface area contributed by atoms with Crippen LogP contribution in [-0.2, 0) is 11.2 Å². The molecule has 1 amide bonds. The lowest BCUT2D eigenvalue weighted by Gasteiger charge is -2.37. The van der Waals surface area contributed by atoms with E-state index in [1.807, 2.05) is 41.5 Å². The number of rotatable bonds is 5. The molecule has 28 heavy (non-hydrogen) atoms. The van der Waals surface area contributed by atoms with Gasteiger partial charge < -0.3 is 4.90 Å². The summed E-state index contributed by atoms with van der Waals surface area (Å²) in [6.07, 6.45) is 3.66. The van der Waals surface area contributed by atoms with E-state index < -0.39 is 0 Å². The van der Waals surface area contributed by atoms with Crippen molar-refractivity contribution in [1.82, 2.24) is 14.8 Å². The Labute approximate surface area is 173 Å². The van der Waals surface area contributed by atoms with Gasteiger partial charge in [0.2, 0.25) is 5.91 Å². The van der Waals surface area contributed by atoms with Crippen LogP contribution in [0.4, 0.5) is 0 Å². The van der Waals surface area contributed by atoms with E-state index in [1.54, 1.807) is 11.3 Å². The number of amides is 1. The summed E-state index contributed by atoms with van der Waals surface area (Å²) in [7, 11) is 1.92. The summed E-state index contributed by atoms with van der Waals surface area (Å²) in [4.78, 5) is 23.7. The number of nitrogens with zero attached hydrogens (tertiary/aromatic N) is 3. The topological polar surface area (TPSA) is 36.4 Å². The zero-order valence-electron chi connectivity index (χ0n) is 16.3. The van der Waals surface area contributed by atoms with Crippen LogP contribution in [0.25, 0.3) is 10.2 Å². The van der Waals surface area contributed by atoms with Gasteiger partial charge in [0, 0.05) is 24.5 Å². The van der Waals surface area contributed by atoms with Gasteiger partial charge in [-0.15, -0.1) is 22.7 Å². The predicted octanol–water partition coefficient (Wildman–Crippen LogP) is 4.89. The van der Waals surface area contributed by atoms with E-state index in [1.165, 1.54) is 28.0 Å². The minimum absolute atomic E-state index is 0.00854. The highest BCUT2D eigenvalue weighted by molar-refractivity contribution is 7.18. The van der Waals surface area contributed by atoms with E-state index in [0.29, 0.717) is 12.6 Å². The van der Waals surface area contributed by atoms with Gasteiger partial charge in [0.15, 0.2) is 0 Å². The first-order valence-corrected chi connectivity index (χ1v) is 11.7. The van der Waals surface area contributed by atoms with Gasteiger partial charge in [-0.3, -0.25) is 9.69 Å². The summed E-state index contributed by atoms with van der Waals surface area (Å²) in [6.45, 7) is 3.58. The quantitative estimate of drug-likeness (QED) is 0.600. The molecule has 6 heteroatoms. The summed E-state index contributed by atoms with van der Waals surface area (Å²) in [5.74, 6) is 0.921. The van der Waals surface area contributed by atoms with Crippen LogP contribution in [0.2, 0.25) is 0 Å². The molecule has 1 aliphatic carbocycles. The second kappa shape index (κ2) is 7.25. The van der Waals surface area contributed by atoms with Crippen molar-refractivity contribution in [2.45, 2.75) is 38.3 Å². The van der Waals surface area contributed by atoms with Crippen molar-refractivity contribution in [3.63, 3.8) is 0 Å². The normalized spacial score (nSPS) is 20.9. The number of fused-ring (bicyclic) bond motifs is 2. The molecule has 0 N–H and O–H groups in total. The summed E-state index contributed by atoms with van der Waals surface area (Å²) in [6, 6.07) is 10.9. The molecule has 3 heterocycles. The first-order valence-electron chi connectivity index (χ1n) is 10.0. The Morgan fingerprint density at radius 2 is 2.14 bits per heavy atom. The Balaban J connectivity index is 1.32. The maximum absolute atomic E-state index is 13.1. The Kier molecular flexibility index (Phi) is 4.73. The van der Waals surface area contributed by atoms with Gasteiger partial charge in [-0.05, 0) is 61.2 Å². The first kappa shape index (κ1) is 18.3. The molecule has 0 bridgehead atoms. The number of hydrogen-bond acceptors (Lipinski definition) is 5. The number of carbonyl (C=O) groups excluding carboxylic acids is 1. The van der Waals surface area contributed by atoms with Crippen molar-refractivity contribution in [3.05, 3.63) is 51.2 Å². The highest BCUT2D eigenvalue weighted by Crippen LogP contribution is 2.48.